The van der Waals surface area contributed by atoms with Gasteiger partial charge in [-0.15, -0.1) is 0 Å². The molecule has 1 aliphatic heterocycles. The summed E-state index contributed by atoms with van der Waals surface area (Å²) in [5, 5.41) is 8.08. The molecule has 2 aromatic rings. The molecule has 1 N–H and O–H groups in total. The minimum Gasteiger partial charge on any atom is -0.316 e. The summed E-state index contributed by atoms with van der Waals surface area (Å²) in [5.74, 6) is 0. The summed E-state index contributed by atoms with van der Waals surface area (Å²) in [4.78, 5) is 2.53. The van der Waals surface area contributed by atoms with Crippen LogP contribution in [0.3, 0.4) is 0 Å². The van der Waals surface area contributed by atoms with Crippen molar-refractivity contribution in [3.8, 4) is 5.69 Å². The zero-order valence-corrected chi connectivity index (χ0v) is 14.8. The Bertz CT molecular complexity index is 620. The van der Waals surface area contributed by atoms with E-state index < -0.39 is 0 Å². The van der Waals surface area contributed by atoms with Crippen LogP contribution in [-0.4, -0.2) is 40.9 Å². The first-order chi connectivity index (χ1) is 10.7. The fourth-order valence-corrected chi connectivity index (χ4v) is 3.32. The highest BCUT2D eigenvalue weighted by Crippen LogP contribution is 2.18. The Morgan fingerprint density at radius 2 is 2.09 bits per heavy atom. The minimum absolute atomic E-state index is 0.621. The van der Waals surface area contributed by atoms with Gasteiger partial charge < -0.3 is 5.32 Å². The van der Waals surface area contributed by atoms with Crippen LogP contribution in [0.4, 0.5) is 0 Å². The van der Waals surface area contributed by atoms with Crippen molar-refractivity contribution >= 4 is 15.9 Å². The van der Waals surface area contributed by atoms with Gasteiger partial charge in [-0.05, 0) is 57.6 Å². The van der Waals surface area contributed by atoms with Gasteiger partial charge in [0.1, 0.15) is 0 Å². The average molecular weight is 363 g/mol. The Hall–Kier alpha value is -1.17. The van der Waals surface area contributed by atoms with E-state index in [1.807, 2.05) is 16.8 Å². The van der Waals surface area contributed by atoms with Gasteiger partial charge in [-0.3, -0.25) is 4.90 Å². The number of halogens is 1. The molecule has 5 heteroatoms. The number of aromatic nitrogens is 2. The third kappa shape index (κ3) is 3.59. The zero-order chi connectivity index (χ0) is 15.5. The molecule has 1 fully saturated rings. The average Bonchev–Trinajstić information content (AvgIpc) is 2.89. The summed E-state index contributed by atoms with van der Waals surface area (Å²) < 4.78 is 3.07. The number of benzene rings is 1. The van der Waals surface area contributed by atoms with Gasteiger partial charge in [0.05, 0.1) is 11.4 Å². The Kier molecular flexibility index (Phi) is 4.96. The first kappa shape index (κ1) is 15.7. The van der Waals surface area contributed by atoms with Crippen LogP contribution >= 0.6 is 15.9 Å². The molecule has 118 valence electrons. The van der Waals surface area contributed by atoms with E-state index in [0.29, 0.717) is 6.04 Å². The second kappa shape index (κ2) is 6.94. The van der Waals surface area contributed by atoms with Crippen molar-refractivity contribution in [2.75, 3.05) is 20.1 Å². The summed E-state index contributed by atoms with van der Waals surface area (Å²) in [6, 6.07) is 8.88. The van der Waals surface area contributed by atoms with Crippen LogP contribution < -0.4 is 5.32 Å². The van der Waals surface area contributed by atoms with E-state index in [1.54, 1.807) is 0 Å². The largest absolute Gasteiger partial charge is 0.316 e. The molecule has 1 unspecified atom stereocenters. The molecule has 0 bridgehead atoms. The number of hydrogen-bond acceptors (Lipinski definition) is 3. The van der Waals surface area contributed by atoms with E-state index in [4.69, 9.17) is 0 Å². The Morgan fingerprint density at radius 1 is 1.32 bits per heavy atom. The molecule has 1 aromatic heterocycles. The molecular formula is C17H23BrN4. The molecule has 0 spiro atoms. The maximum atomic E-state index is 4.67. The zero-order valence-electron chi connectivity index (χ0n) is 13.2. The van der Waals surface area contributed by atoms with Crippen LogP contribution in [0.2, 0.25) is 0 Å². The van der Waals surface area contributed by atoms with Crippen molar-refractivity contribution < 1.29 is 0 Å². The van der Waals surface area contributed by atoms with Crippen LogP contribution in [0.15, 0.2) is 34.9 Å². The fourth-order valence-electron chi connectivity index (χ4n) is 3.05. The molecule has 1 atom stereocenters. The predicted octanol–water partition coefficient (Wildman–Crippen LogP) is 3.13. The lowest BCUT2D eigenvalue weighted by molar-refractivity contribution is 0.187. The van der Waals surface area contributed by atoms with Crippen LogP contribution in [0.25, 0.3) is 5.69 Å². The van der Waals surface area contributed by atoms with Gasteiger partial charge in [0.2, 0.25) is 0 Å². The molecule has 0 saturated carbocycles. The maximum absolute atomic E-state index is 4.67. The predicted molar refractivity (Wildman–Crippen MR) is 93.4 cm³/mol. The first-order valence-corrected chi connectivity index (χ1v) is 8.65. The van der Waals surface area contributed by atoms with E-state index in [9.17, 15) is 0 Å². The molecule has 1 saturated heterocycles. The van der Waals surface area contributed by atoms with Crippen LogP contribution in [0, 0.1) is 6.92 Å². The number of nitrogens with zero attached hydrogens (tertiary/aromatic N) is 3. The van der Waals surface area contributed by atoms with Crippen molar-refractivity contribution in [1.82, 2.24) is 20.0 Å². The number of piperidine rings is 1. The quantitative estimate of drug-likeness (QED) is 0.906. The van der Waals surface area contributed by atoms with E-state index >= 15 is 0 Å². The topological polar surface area (TPSA) is 33.1 Å². The van der Waals surface area contributed by atoms with Gasteiger partial charge in [-0.1, -0.05) is 15.9 Å². The van der Waals surface area contributed by atoms with Gasteiger partial charge in [0.25, 0.3) is 0 Å². The van der Waals surface area contributed by atoms with E-state index in [1.165, 1.54) is 24.9 Å². The second-order valence-electron chi connectivity index (χ2n) is 6.02. The normalized spacial score (nSPS) is 19.5. The molecule has 4 nitrogen and oxygen atoms in total. The maximum Gasteiger partial charge on any atom is 0.0646 e. The summed E-state index contributed by atoms with van der Waals surface area (Å²) in [7, 11) is 2.06. The number of likely N-dealkylation sites (N-methyl/N-ethyl adjacent to an activating group) is 1. The third-order valence-electron chi connectivity index (χ3n) is 4.40. The Morgan fingerprint density at radius 3 is 2.82 bits per heavy atom. The van der Waals surface area contributed by atoms with E-state index in [2.05, 4.69) is 63.5 Å². The smallest absolute Gasteiger partial charge is 0.0646 e. The van der Waals surface area contributed by atoms with E-state index in [0.717, 1.165) is 28.9 Å². The lowest BCUT2D eigenvalue weighted by atomic mass is 10.1. The molecule has 3 rings (SSSR count). The summed E-state index contributed by atoms with van der Waals surface area (Å²) >= 11 is 3.47. The number of rotatable bonds is 4. The summed E-state index contributed by atoms with van der Waals surface area (Å²) in [5.41, 5.74) is 3.54. The molecule has 1 aromatic carbocycles. The molecule has 22 heavy (non-hydrogen) atoms. The lowest BCUT2D eigenvalue weighted by Crippen LogP contribution is -2.43. The molecular weight excluding hydrogens is 340 g/mol. The molecule has 2 heterocycles. The summed E-state index contributed by atoms with van der Waals surface area (Å²) in [6.45, 7) is 5.39. The van der Waals surface area contributed by atoms with Crippen molar-refractivity contribution in [3.05, 3.63) is 46.2 Å². The van der Waals surface area contributed by atoms with Gasteiger partial charge >= 0.3 is 0 Å². The highest BCUT2D eigenvalue weighted by Gasteiger charge is 2.19. The molecule has 1 aliphatic rings. The fraction of sp³-hybridized carbons (Fsp3) is 0.471. The van der Waals surface area contributed by atoms with Crippen molar-refractivity contribution in [2.24, 2.45) is 0 Å². The van der Waals surface area contributed by atoms with Gasteiger partial charge in [-0.25, -0.2) is 4.68 Å². The molecule has 0 aliphatic carbocycles. The Balaban J connectivity index is 1.73. The highest BCUT2D eigenvalue weighted by molar-refractivity contribution is 9.10. The summed E-state index contributed by atoms with van der Waals surface area (Å²) in [6.07, 6.45) is 4.72. The number of hydrogen-bond donors (Lipinski definition) is 1. The van der Waals surface area contributed by atoms with Gasteiger partial charge in [0, 0.05) is 35.4 Å². The monoisotopic (exact) mass is 362 g/mol. The standard InChI is InChI=1S/C17H23BrN4/c1-13-14(10-21-9-3-4-16(12-21)19-2)11-22(20-13)17-7-5-15(18)6-8-17/h5-8,11,16,19H,3-4,9-10,12H2,1-2H3. The minimum atomic E-state index is 0.621. The van der Waals surface area contributed by atoms with Crippen molar-refractivity contribution in [2.45, 2.75) is 32.4 Å². The lowest BCUT2D eigenvalue weighted by Gasteiger charge is -2.32. The number of nitrogens with one attached hydrogen (secondary N) is 1. The first-order valence-electron chi connectivity index (χ1n) is 7.86. The van der Waals surface area contributed by atoms with Crippen molar-refractivity contribution in [1.29, 1.82) is 0 Å². The second-order valence-corrected chi connectivity index (χ2v) is 6.94. The van der Waals surface area contributed by atoms with Crippen LogP contribution in [0.1, 0.15) is 24.1 Å². The van der Waals surface area contributed by atoms with Crippen LogP contribution in [0.5, 0.6) is 0 Å². The number of aryl methyl sites for hydroxylation is 1. The van der Waals surface area contributed by atoms with Gasteiger partial charge in [0.15, 0.2) is 0 Å². The molecule has 0 amide bonds. The Labute approximate surface area is 140 Å². The van der Waals surface area contributed by atoms with Crippen LogP contribution in [-0.2, 0) is 6.54 Å². The number of likely N-dealkylation sites (tertiary alicyclic amines) is 1. The molecule has 0 radical (unpaired) electrons. The van der Waals surface area contributed by atoms with E-state index in [-0.39, 0.29) is 0 Å². The van der Waals surface area contributed by atoms with Gasteiger partial charge in [-0.2, -0.15) is 5.10 Å². The SMILES string of the molecule is CNC1CCCN(Cc2cn(-c3ccc(Br)cc3)nc2C)C1. The third-order valence-corrected chi connectivity index (χ3v) is 4.93. The van der Waals surface area contributed by atoms with Crippen molar-refractivity contribution in [3.63, 3.8) is 0 Å². The highest BCUT2D eigenvalue weighted by atomic mass is 79.9.